The summed E-state index contributed by atoms with van der Waals surface area (Å²) in [5.74, 6) is 1.34. The molecule has 0 amide bonds. The minimum absolute atomic E-state index is 0.257. The van der Waals surface area contributed by atoms with Crippen LogP contribution in [0.5, 0.6) is 0 Å². The first-order valence-electron chi connectivity index (χ1n) is 5.41. The van der Waals surface area contributed by atoms with Crippen LogP contribution in [0.2, 0.25) is 0 Å². The number of oxazole rings is 1. The molecule has 16 heavy (non-hydrogen) atoms. The maximum absolute atomic E-state index is 9.55. The van der Waals surface area contributed by atoms with Crippen LogP contribution in [0.1, 0.15) is 23.4 Å². The topological polar surface area (TPSA) is 74.9 Å². The quantitative estimate of drug-likeness (QED) is 0.756. The maximum atomic E-state index is 9.55. The summed E-state index contributed by atoms with van der Waals surface area (Å²) in [6.45, 7) is 1.86. The van der Waals surface area contributed by atoms with E-state index in [9.17, 15) is 5.11 Å². The van der Waals surface area contributed by atoms with Crippen molar-refractivity contribution < 1.29 is 9.52 Å². The van der Waals surface area contributed by atoms with Gasteiger partial charge in [0, 0.05) is 17.7 Å². The van der Waals surface area contributed by atoms with E-state index in [0.29, 0.717) is 12.3 Å². The summed E-state index contributed by atoms with van der Waals surface area (Å²) < 4.78 is 5.46. The first kappa shape index (κ1) is 9.59. The lowest BCUT2D eigenvalue weighted by Gasteiger charge is -2.16. The van der Waals surface area contributed by atoms with Gasteiger partial charge in [-0.05, 0) is 19.8 Å². The molecule has 1 aliphatic rings. The van der Waals surface area contributed by atoms with Crippen LogP contribution in [-0.4, -0.2) is 26.4 Å². The Morgan fingerprint density at radius 3 is 3.19 bits per heavy atom. The van der Waals surface area contributed by atoms with Crippen LogP contribution in [0.3, 0.4) is 0 Å². The van der Waals surface area contributed by atoms with Gasteiger partial charge in [-0.25, -0.2) is 4.98 Å². The highest BCUT2D eigenvalue weighted by atomic mass is 16.4. The molecule has 5 heteroatoms. The summed E-state index contributed by atoms with van der Waals surface area (Å²) in [4.78, 5) is 4.17. The summed E-state index contributed by atoms with van der Waals surface area (Å²) in [6, 6.07) is 0. The van der Waals surface area contributed by atoms with Gasteiger partial charge in [-0.1, -0.05) is 0 Å². The number of fused-ring (bicyclic) bond motifs is 1. The van der Waals surface area contributed by atoms with Gasteiger partial charge in [-0.15, -0.1) is 0 Å². The Labute approximate surface area is 92.5 Å². The number of aliphatic hydroxyl groups excluding tert-OH is 1. The Balaban J connectivity index is 2.03. The zero-order valence-electron chi connectivity index (χ0n) is 9.03. The lowest BCUT2D eigenvalue weighted by molar-refractivity contribution is 0.157. The number of aryl methyl sites for hydroxylation is 1. The van der Waals surface area contributed by atoms with Crippen LogP contribution >= 0.6 is 0 Å². The number of nitrogens with zero attached hydrogens (tertiary/aromatic N) is 2. The molecule has 0 aliphatic heterocycles. The molecule has 5 nitrogen and oxygen atoms in total. The van der Waals surface area contributed by atoms with Crippen molar-refractivity contribution >= 4 is 0 Å². The number of aromatic amines is 1. The SMILES string of the molecule is Cc1cnc(-c2n[nH]c3c2CCC(O)C3)o1. The highest BCUT2D eigenvalue weighted by Crippen LogP contribution is 2.29. The predicted octanol–water partition coefficient (Wildman–Crippen LogP) is 1.22. The van der Waals surface area contributed by atoms with E-state index in [4.69, 9.17) is 4.42 Å². The van der Waals surface area contributed by atoms with E-state index < -0.39 is 0 Å². The molecule has 2 heterocycles. The van der Waals surface area contributed by atoms with Gasteiger partial charge in [-0.2, -0.15) is 5.10 Å². The Morgan fingerprint density at radius 1 is 1.56 bits per heavy atom. The van der Waals surface area contributed by atoms with E-state index in [1.54, 1.807) is 6.20 Å². The first-order chi connectivity index (χ1) is 7.74. The Morgan fingerprint density at radius 2 is 2.44 bits per heavy atom. The minimum atomic E-state index is -0.257. The average molecular weight is 219 g/mol. The standard InChI is InChI=1S/C11H13N3O2/c1-6-5-12-11(16-6)10-8-3-2-7(15)4-9(8)13-14-10/h5,7,15H,2-4H2,1H3,(H,13,14). The van der Waals surface area contributed by atoms with Gasteiger partial charge < -0.3 is 9.52 Å². The van der Waals surface area contributed by atoms with Gasteiger partial charge in [0.2, 0.25) is 5.89 Å². The van der Waals surface area contributed by atoms with E-state index in [1.807, 2.05) is 6.92 Å². The van der Waals surface area contributed by atoms with Crippen LogP contribution in [0.25, 0.3) is 11.6 Å². The van der Waals surface area contributed by atoms with Crippen molar-refractivity contribution in [3.8, 4) is 11.6 Å². The maximum Gasteiger partial charge on any atom is 0.247 e. The van der Waals surface area contributed by atoms with Gasteiger partial charge in [-0.3, -0.25) is 5.10 Å². The fraction of sp³-hybridized carbons (Fsp3) is 0.455. The Bertz CT molecular complexity index is 515. The van der Waals surface area contributed by atoms with E-state index in [2.05, 4.69) is 15.2 Å². The third-order valence-corrected chi connectivity index (χ3v) is 2.94. The predicted molar refractivity (Wildman–Crippen MR) is 56.9 cm³/mol. The molecule has 2 N–H and O–H groups in total. The first-order valence-corrected chi connectivity index (χ1v) is 5.41. The van der Waals surface area contributed by atoms with E-state index in [1.165, 1.54) is 0 Å². The smallest absolute Gasteiger partial charge is 0.247 e. The zero-order valence-corrected chi connectivity index (χ0v) is 9.03. The van der Waals surface area contributed by atoms with Gasteiger partial charge in [0.15, 0.2) is 5.69 Å². The second-order valence-electron chi connectivity index (χ2n) is 4.20. The second kappa shape index (κ2) is 3.45. The van der Waals surface area contributed by atoms with Crippen molar-refractivity contribution in [3.63, 3.8) is 0 Å². The minimum Gasteiger partial charge on any atom is -0.440 e. The second-order valence-corrected chi connectivity index (χ2v) is 4.20. The third kappa shape index (κ3) is 1.44. The fourth-order valence-corrected chi connectivity index (χ4v) is 2.13. The monoisotopic (exact) mass is 219 g/mol. The van der Waals surface area contributed by atoms with Crippen LogP contribution in [0, 0.1) is 6.92 Å². The van der Waals surface area contributed by atoms with E-state index in [-0.39, 0.29) is 6.10 Å². The molecular weight excluding hydrogens is 206 g/mol. The number of rotatable bonds is 1. The Hall–Kier alpha value is -1.62. The number of aliphatic hydroxyl groups is 1. The molecule has 84 valence electrons. The molecule has 0 saturated heterocycles. The van der Waals surface area contributed by atoms with E-state index >= 15 is 0 Å². The summed E-state index contributed by atoms with van der Waals surface area (Å²) in [5.41, 5.74) is 2.92. The normalized spacial score (nSPS) is 19.8. The van der Waals surface area contributed by atoms with Crippen molar-refractivity contribution in [1.82, 2.24) is 15.2 Å². The molecule has 0 spiro atoms. The number of hydrogen-bond donors (Lipinski definition) is 2. The number of aromatic nitrogens is 3. The zero-order chi connectivity index (χ0) is 11.1. The molecule has 0 saturated carbocycles. The van der Waals surface area contributed by atoms with E-state index in [0.717, 1.165) is 35.6 Å². The summed E-state index contributed by atoms with van der Waals surface area (Å²) in [6.07, 6.45) is 3.67. The molecule has 1 aliphatic carbocycles. The molecule has 0 fully saturated rings. The summed E-state index contributed by atoms with van der Waals surface area (Å²) in [7, 11) is 0. The number of hydrogen-bond acceptors (Lipinski definition) is 4. The third-order valence-electron chi connectivity index (χ3n) is 2.94. The molecule has 0 radical (unpaired) electrons. The highest BCUT2D eigenvalue weighted by molar-refractivity contribution is 5.55. The van der Waals surface area contributed by atoms with Crippen molar-refractivity contribution in [2.75, 3.05) is 0 Å². The molecule has 2 aromatic heterocycles. The summed E-state index contributed by atoms with van der Waals surface area (Å²) in [5, 5.41) is 16.7. The molecule has 3 rings (SSSR count). The fourth-order valence-electron chi connectivity index (χ4n) is 2.13. The van der Waals surface area contributed by atoms with Crippen LogP contribution < -0.4 is 0 Å². The van der Waals surface area contributed by atoms with Gasteiger partial charge >= 0.3 is 0 Å². The number of nitrogens with one attached hydrogen (secondary N) is 1. The molecule has 1 atom stereocenters. The van der Waals surface area contributed by atoms with Crippen LogP contribution in [0.15, 0.2) is 10.6 Å². The lowest BCUT2D eigenvalue weighted by atomic mass is 9.94. The number of H-pyrrole nitrogens is 1. The van der Waals surface area contributed by atoms with Crippen molar-refractivity contribution in [3.05, 3.63) is 23.2 Å². The molecule has 0 bridgehead atoms. The van der Waals surface area contributed by atoms with Crippen LogP contribution in [-0.2, 0) is 12.8 Å². The van der Waals surface area contributed by atoms with Gasteiger partial charge in [0.05, 0.1) is 12.3 Å². The largest absolute Gasteiger partial charge is 0.440 e. The average Bonchev–Trinajstić information content (AvgIpc) is 2.83. The van der Waals surface area contributed by atoms with Gasteiger partial charge in [0.1, 0.15) is 5.76 Å². The van der Waals surface area contributed by atoms with Gasteiger partial charge in [0.25, 0.3) is 0 Å². The highest BCUT2D eigenvalue weighted by Gasteiger charge is 2.24. The molecular formula is C11H13N3O2. The Kier molecular flexibility index (Phi) is 2.07. The molecule has 1 unspecified atom stereocenters. The van der Waals surface area contributed by atoms with Crippen LogP contribution in [0.4, 0.5) is 0 Å². The molecule has 2 aromatic rings. The molecule has 0 aromatic carbocycles. The summed E-state index contributed by atoms with van der Waals surface area (Å²) >= 11 is 0. The van der Waals surface area contributed by atoms with Crippen molar-refractivity contribution in [1.29, 1.82) is 0 Å². The van der Waals surface area contributed by atoms with Crippen molar-refractivity contribution in [2.45, 2.75) is 32.3 Å². The van der Waals surface area contributed by atoms with Crippen molar-refractivity contribution in [2.24, 2.45) is 0 Å². The lowest BCUT2D eigenvalue weighted by Crippen LogP contribution is -2.18.